The number of aromatic nitrogens is 1. The molecule has 0 atom stereocenters. The second kappa shape index (κ2) is 11.4. The first kappa shape index (κ1) is 21.8. The van der Waals surface area contributed by atoms with Crippen molar-refractivity contribution in [2.45, 2.75) is 27.2 Å². The maximum atomic E-state index is 10.4. The smallest absolute Gasteiger partial charge is 0.313 e. The summed E-state index contributed by atoms with van der Waals surface area (Å²) >= 11 is 2.95. The van der Waals surface area contributed by atoms with Crippen LogP contribution in [0.3, 0.4) is 0 Å². The number of benzene rings is 1. The van der Waals surface area contributed by atoms with E-state index in [-0.39, 0.29) is 5.75 Å². The minimum Gasteiger partial charge on any atom is -0.481 e. The second-order valence-corrected chi connectivity index (χ2v) is 7.71. The highest BCUT2D eigenvalue weighted by Gasteiger charge is 2.11. The van der Waals surface area contributed by atoms with Crippen molar-refractivity contribution in [3.05, 3.63) is 64.6 Å². The van der Waals surface area contributed by atoms with Crippen molar-refractivity contribution in [1.82, 2.24) is 4.98 Å². The van der Waals surface area contributed by atoms with Gasteiger partial charge in [-0.25, -0.2) is 4.98 Å². The van der Waals surface area contributed by atoms with Crippen LogP contribution in [0.25, 0.3) is 10.6 Å². The van der Waals surface area contributed by atoms with Gasteiger partial charge in [-0.2, -0.15) is 0 Å². The molecule has 0 saturated heterocycles. The Bertz CT molecular complexity index is 949. The van der Waals surface area contributed by atoms with E-state index in [2.05, 4.69) is 30.9 Å². The van der Waals surface area contributed by atoms with E-state index in [1.54, 1.807) is 11.3 Å². The molecule has 0 aliphatic heterocycles. The zero-order valence-electron chi connectivity index (χ0n) is 16.2. The standard InChI is InChI=1S/C20H17NO3S2.C2H6/c1-14-18(21-20(26-14)15-6-3-2-4-7-15)12-17-10-9-16(24-17)8-5-11-25-13-19(22)23;1-2/h2-4,6-7,9-10H,11-13H2,1H3,(H,22,23);1-2H3. The fourth-order valence-electron chi connectivity index (χ4n) is 2.31. The summed E-state index contributed by atoms with van der Waals surface area (Å²) in [5.41, 5.74) is 2.14. The van der Waals surface area contributed by atoms with Gasteiger partial charge in [0.2, 0.25) is 0 Å². The van der Waals surface area contributed by atoms with Crippen LogP contribution >= 0.6 is 23.1 Å². The van der Waals surface area contributed by atoms with E-state index in [1.165, 1.54) is 16.6 Å². The van der Waals surface area contributed by atoms with Crippen molar-refractivity contribution >= 4 is 29.1 Å². The molecule has 0 aliphatic rings. The molecule has 28 heavy (non-hydrogen) atoms. The van der Waals surface area contributed by atoms with Gasteiger partial charge in [0.15, 0.2) is 5.76 Å². The predicted octanol–water partition coefficient (Wildman–Crippen LogP) is 5.50. The van der Waals surface area contributed by atoms with Gasteiger partial charge in [-0.3, -0.25) is 4.79 Å². The van der Waals surface area contributed by atoms with Crippen LogP contribution in [0.4, 0.5) is 0 Å². The molecule has 3 rings (SSSR count). The lowest BCUT2D eigenvalue weighted by molar-refractivity contribution is -0.133. The number of rotatable bonds is 6. The molecular weight excluding hydrogens is 390 g/mol. The second-order valence-electron chi connectivity index (χ2n) is 5.52. The van der Waals surface area contributed by atoms with Crippen LogP contribution in [-0.2, 0) is 11.2 Å². The largest absolute Gasteiger partial charge is 0.481 e. The number of carboxylic acid groups (broad SMARTS) is 1. The number of hydrogen-bond donors (Lipinski definition) is 1. The average Bonchev–Trinajstić information content (AvgIpc) is 3.30. The van der Waals surface area contributed by atoms with Gasteiger partial charge < -0.3 is 9.52 Å². The zero-order chi connectivity index (χ0) is 20.4. The molecule has 0 radical (unpaired) electrons. The van der Waals surface area contributed by atoms with Crippen molar-refractivity contribution in [3.63, 3.8) is 0 Å². The van der Waals surface area contributed by atoms with Gasteiger partial charge in [-0.15, -0.1) is 23.1 Å². The SMILES string of the molecule is CC.Cc1sc(-c2ccccc2)nc1Cc1ccc(C#CCSCC(=O)O)o1. The molecule has 2 aromatic heterocycles. The van der Waals surface area contributed by atoms with E-state index in [0.717, 1.165) is 22.0 Å². The number of carbonyl (C=O) groups is 1. The van der Waals surface area contributed by atoms with Crippen molar-refractivity contribution in [1.29, 1.82) is 0 Å². The Labute approximate surface area is 174 Å². The first-order chi connectivity index (χ1) is 13.6. The molecule has 3 aromatic rings. The molecule has 1 N–H and O–H groups in total. The number of carboxylic acids is 1. The molecule has 0 fully saturated rings. The number of thiazole rings is 1. The third kappa shape index (κ3) is 6.59. The molecule has 0 amide bonds. The third-order valence-corrected chi connectivity index (χ3v) is 5.39. The summed E-state index contributed by atoms with van der Waals surface area (Å²) in [6, 6.07) is 13.9. The highest BCUT2D eigenvalue weighted by atomic mass is 32.2. The van der Waals surface area contributed by atoms with E-state index in [4.69, 9.17) is 14.5 Å². The average molecular weight is 414 g/mol. The van der Waals surface area contributed by atoms with E-state index in [9.17, 15) is 4.79 Å². The van der Waals surface area contributed by atoms with Gasteiger partial charge in [0, 0.05) is 16.9 Å². The lowest BCUT2D eigenvalue weighted by Crippen LogP contribution is -1.97. The van der Waals surface area contributed by atoms with Crippen LogP contribution in [0, 0.1) is 18.8 Å². The zero-order valence-corrected chi connectivity index (χ0v) is 17.8. The Morgan fingerprint density at radius 2 is 1.96 bits per heavy atom. The highest BCUT2D eigenvalue weighted by molar-refractivity contribution is 8.00. The number of furan rings is 1. The summed E-state index contributed by atoms with van der Waals surface area (Å²) in [5.74, 6) is 6.94. The Morgan fingerprint density at radius 1 is 1.21 bits per heavy atom. The first-order valence-electron chi connectivity index (χ1n) is 9.00. The molecule has 0 bridgehead atoms. The molecule has 146 valence electrons. The molecule has 0 spiro atoms. The fourth-order valence-corrected chi connectivity index (χ4v) is 3.70. The Balaban J connectivity index is 0.00000136. The molecule has 1 aromatic carbocycles. The predicted molar refractivity (Wildman–Crippen MR) is 117 cm³/mol. The minimum atomic E-state index is -0.828. The van der Waals surface area contributed by atoms with Crippen molar-refractivity contribution < 1.29 is 14.3 Å². The number of thioether (sulfide) groups is 1. The van der Waals surface area contributed by atoms with Crippen LogP contribution in [0.15, 0.2) is 46.9 Å². The molecule has 6 heteroatoms. The van der Waals surface area contributed by atoms with Crippen molar-refractivity contribution in [2.75, 3.05) is 11.5 Å². The summed E-state index contributed by atoms with van der Waals surface area (Å²) in [6.45, 7) is 6.07. The van der Waals surface area contributed by atoms with E-state index in [0.29, 0.717) is 17.9 Å². The number of hydrogen-bond acceptors (Lipinski definition) is 5. The summed E-state index contributed by atoms with van der Waals surface area (Å²) in [7, 11) is 0. The van der Waals surface area contributed by atoms with Crippen LogP contribution in [-0.4, -0.2) is 27.6 Å². The lowest BCUT2D eigenvalue weighted by Gasteiger charge is -1.95. The van der Waals surface area contributed by atoms with Crippen LogP contribution < -0.4 is 0 Å². The number of nitrogens with zero attached hydrogens (tertiary/aromatic N) is 1. The number of aliphatic carboxylic acids is 1. The van der Waals surface area contributed by atoms with Gasteiger partial charge in [0.1, 0.15) is 10.8 Å². The summed E-state index contributed by atoms with van der Waals surface area (Å²) < 4.78 is 5.75. The summed E-state index contributed by atoms with van der Waals surface area (Å²) in [6.07, 6.45) is 0.630. The molecule has 2 heterocycles. The Morgan fingerprint density at radius 3 is 2.68 bits per heavy atom. The maximum Gasteiger partial charge on any atom is 0.313 e. The normalized spacial score (nSPS) is 9.82. The Hall–Kier alpha value is -2.49. The Kier molecular flexibility index (Phi) is 8.86. The van der Waals surface area contributed by atoms with Crippen LogP contribution in [0.5, 0.6) is 0 Å². The van der Waals surface area contributed by atoms with Crippen LogP contribution in [0.2, 0.25) is 0 Å². The molecule has 0 saturated carbocycles. The molecule has 0 aliphatic carbocycles. The van der Waals surface area contributed by atoms with E-state index < -0.39 is 5.97 Å². The number of aryl methyl sites for hydroxylation is 1. The van der Waals surface area contributed by atoms with Gasteiger partial charge in [-0.05, 0) is 25.0 Å². The lowest BCUT2D eigenvalue weighted by atomic mass is 10.2. The molecular formula is C22H23NO3S2. The molecule has 4 nitrogen and oxygen atoms in total. The van der Waals surface area contributed by atoms with Crippen molar-refractivity contribution in [3.8, 4) is 22.4 Å². The van der Waals surface area contributed by atoms with E-state index >= 15 is 0 Å². The van der Waals surface area contributed by atoms with Gasteiger partial charge in [0.25, 0.3) is 0 Å². The summed E-state index contributed by atoms with van der Waals surface area (Å²) in [5, 5.41) is 9.59. The van der Waals surface area contributed by atoms with E-state index in [1.807, 2.05) is 44.2 Å². The van der Waals surface area contributed by atoms with Gasteiger partial charge in [-0.1, -0.05) is 50.1 Å². The minimum absolute atomic E-state index is 0.0605. The first-order valence-corrected chi connectivity index (χ1v) is 11.0. The van der Waals surface area contributed by atoms with Crippen LogP contribution in [0.1, 0.15) is 35.9 Å². The fraction of sp³-hybridized carbons (Fsp3) is 0.273. The summed E-state index contributed by atoms with van der Waals surface area (Å²) in [4.78, 5) is 16.4. The molecule has 0 unspecified atom stereocenters. The monoisotopic (exact) mass is 413 g/mol. The van der Waals surface area contributed by atoms with Gasteiger partial charge in [0.05, 0.1) is 17.2 Å². The van der Waals surface area contributed by atoms with Gasteiger partial charge >= 0.3 is 5.97 Å². The topological polar surface area (TPSA) is 63.3 Å². The maximum absolute atomic E-state index is 10.4. The van der Waals surface area contributed by atoms with Crippen molar-refractivity contribution in [2.24, 2.45) is 0 Å². The third-order valence-electron chi connectivity index (χ3n) is 3.53. The highest BCUT2D eigenvalue weighted by Crippen LogP contribution is 2.28. The quantitative estimate of drug-likeness (QED) is 0.427.